The van der Waals surface area contributed by atoms with E-state index in [0.29, 0.717) is 6.54 Å². The van der Waals surface area contributed by atoms with Gasteiger partial charge in [-0.15, -0.1) is 10.2 Å². The zero-order valence-corrected chi connectivity index (χ0v) is 12.2. The maximum absolute atomic E-state index is 4.21. The Morgan fingerprint density at radius 3 is 2.80 bits per heavy atom. The van der Waals surface area contributed by atoms with Gasteiger partial charge in [0.2, 0.25) is 0 Å². The Kier molecular flexibility index (Phi) is 3.47. The maximum atomic E-state index is 4.21. The molecule has 20 heavy (non-hydrogen) atoms. The van der Waals surface area contributed by atoms with E-state index < -0.39 is 0 Å². The number of benzene rings is 1. The highest BCUT2D eigenvalue weighted by atomic mass is 32.1. The lowest BCUT2D eigenvalue weighted by atomic mass is 10.2. The summed E-state index contributed by atoms with van der Waals surface area (Å²) in [7, 11) is 0. The molecule has 102 valence electrons. The Morgan fingerprint density at radius 1 is 1.20 bits per heavy atom. The monoisotopic (exact) mass is 285 g/mol. The number of aromatic amines is 1. The molecule has 0 aliphatic carbocycles. The second-order valence-electron chi connectivity index (χ2n) is 4.60. The minimum Gasteiger partial charge on any atom is -0.379 e. The van der Waals surface area contributed by atoms with E-state index in [1.807, 2.05) is 38.1 Å². The van der Waals surface area contributed by atoms with Crippen LogP contribution >= 0.6 is 11.3 Å². The van der Waals surface area contributed by atoms with E-state index in [1.54, 1.807) is 11.3 Å². The van der Waals surface area contributed by atoms with Crippen LogP contribution in [-0.4, -0.2) is 20.4 Å². The van der Waals surface area contributed by atoms with Gasteiger partial charge in [0.25, 0.3) is 0 Å². The molecule has 0 bridgehead atoms. The lowest BCUT2D eigenvalue weighted by molar-refractivity contribution is 0.968. The van der Waals surface area contributed by atoms with Gasteiger partial charge in [-0.05, 0) is 32.0 Å². The number of anilines is 1. The van der Waals surface area contributed by atoms with Crippen LogP contribution in [0.2, 0.25) is 0 Å². The van der Waals surface area contributed by atoms with Gasteiger partial charge in [-0.2, -0.15) is 5.10 Å². The summed E-state index contributed by atoms with van der Waals surface area (Å²) in [5.41, 5.74) is 4.20. The van der Waals surface area contributed by atoms with Crippen molar-refractivity contribution in [1.29, 1.82) is 0 Å². The van der Waals surface area contributed by atoms with Gasteiger partial charge in [-0.3, -0.25) is 5.10 Å². The summed E-state index contributed by atoms with van der Waals surface area (Å²) in [6, 6.07) is 10.2. The van der Waals surface area contributed by atoms with Crippen LogP contribution in [0.15, 0.2) is 30.3 Å². The Bertz CT molecular complexity index is 716. The average Bonchev–Trinajstić information content (AvgIpc) is 3.06. The first-order valence-corrected chi connectivity index (χ1v) is 7.17. The van der Waals surface area contributed by atoms with E-state index >= 15 is 0 Å². The normalized spacial score (nSPS) is 10.7. The van der Waals surface area contributed by atoms with Crippen molar-refractivity contribution < 1.29 is 0 Å². The second-order valence-corrected chi connectivity index (χ2v) is 5.78. The molecule has 0 aliphatic rings. The SMILES string of the molecule is Cc1cc(CNc2cccc(-c3nnc(C)s3)c2)n[nH]1. The fourth-order valence-electron chi connectivity index (χ4n) is 1.93. The largest absolute Gasteiger partial charge is 0.379 e. The van der Waals surface area contributed by atoms with E-state index in [4.69, 9.17) is 0 Å². The van der Waals surface area contributed by atoms with Gasteiger partial charge in [0.1, 0.15) is 10.0 Å². The Morgan fingerprint density at radius 2 is 2.10 bits per heavy atom. The van der Waals surface area contributed by atoms with Crippen molar-refractivity contribution in [1.82, 2.24) is 20.4 Å². The van der Waals surface area contributed by atoms with Gasteiger partial charge in [-0.25, -0.2) is 0 Å². The molecular weight excluding hydrogens is 270 g/mol. The molecule has 5 nitrogen and oxygen atoms in total. The van der Waals surface area contributed by atoms with Crippen LogP contribution in [-0.2, 0) is 6.54 Å². The summed E-state index contributed by atoms with van der Waals surface area (Å²) in [4.78, 5) is 0. The van der Waals surface area contributed by atoms with Crippen LogP contribution < -0.4 is 5.32 Å². The highest BCUT2D eigenvalue weighted by Crippen LogP contribution is 2.25. The molecule has 0 unspecified atom stereocenters. The smallest absolute Gasteiger partial charge is 0.147 e. The number of hydrogen-bond acceptors (Lipinski definition) is 5. The Hall–Kier alpha value is -2.21. The molecule has 0 fully saturated rings. The lowest BCUT2D eigenvalue weighted by Gasteiger charge is -2.05. The van der Waals surface area contributed by atoms with Crippen molar-refractivity contribution >= 4 is 17.0 Å². The standard InChI is InChI=1S/C14H15N5S/c1-9-6-13(18-16-9)8-15-12-5-3-4-11(7-12)14-19-17-10(2)20-14/h3-7,15H,8H2,1-2H3,(H,16,18). The van der Waals surface area contributed by atoms with Gasteiger partial charge in [-0.1, -0.05) is 23.5 Å². The van der Waals surface area contributed by atoms with Gasteiger partial charge in [0.05, 0.1) is 12.2 Å². The topological polar surface area (TPSA) is 66.5 Å². The Balaban J connectivity index is 1.74. The molecule has 2 aromatic heterocycles. The molecule has 3 aromatic rings. The molecule has 0 radical (unpaired) electrons. The van der Waals surface area contributed by atoms with Crippen molar-refractivity contribution in [3.63, 3.8) is 0 Å². The van der Waals surface area contributed by atoms with E-state index in [9.17, 15) is 0 Å². The first-order valence-electron chi connectivity index (χ1n) is 6.36. The minimum absolute atomic E-state index is 0.697. The van der Waals surface area contributed by atoms with E-state index in [2.05, 4.69) is 31.8 Å². The number of aryl methyl sites for hydroxylation is 2. The maximum Gasteiger partial charge on any atom is 0.147 e. The molecule has 0 spiro atoms. The highest BCUT2D eigenvalue weighted by molar-refractivity contribution is 7.14. The van der Waals surface area contributed by atoms with E-state index in [0.717, 1.165) is 32.7 Å². The molecule has 0 saturated heterocycles. The van der Waals surface area contributed by atoms with Gasteiger partial charge >= 0.3 is 0 Å². The number of nitrogens with one attached hydrogen (secondary N) is 2. The number of H-pyrrole nitrogens is 1. The third kappa shape index (κ3) is 2.85. The van der Waals surface area contributed by atoms with Crippen molar-refractivity contribution in [2.75, 3.05) is 5.32 Å². The zero-order chi connectivity index (χ0) is 13.9. The summed E-state index contributed by atoms with van der Waals surface area (Å²) in [5.74, 6) is 0. The number of aromatic nitrogens is 4. The lowest BCUT2D eigenvalue weighted by Crippen LogP contribution is -1.99. The number of hydrogen-bond donors (Lipinski definition) is 2. The fourth-order valence-corrected chi connectivity index (χ4v) is 2.62. The predicted molar refractivity (Wildman–Crippen MR) is 80.7 cm³/mol. The van der Waals surface area contributed by atoms with Crippen LogP contribution in [0.25, 0.3) is 10.6 Å². The highest BCUT2D eigenvalue weighted by Gasteiger charge is 2.05. The molecule has 6 heteroatoms. The van der Waals surface area contributed by atoms with Crippen molar-refractivity contribution in [3.8, 4) is 10.6 Å². The van der Waals surface area contributed by atoms with E-state index in [1.165, 1.54) is 0 Å². The van der Waals surface area contributed by atoms with Gasteiger partial charge in [0, 0.05) is 16.9 Å². The zero-order valence-electron chi connectivity index (χ0n) is 11.3. The summed E-state index contributed by atoms with van der Waals surface area (Å²) in [6.07, 6.45) is 0. The molecular formula is C14H15N5S. The molecule has 2 heterocycles. The summed E-state index contributed by atoms with van der Waals surface area (Å²) in [5, 5.41) is 20.7. The van der Waals surface area contributed by atoms with Crippen LogP contribution in [0.4, 0.5) is 5.69 Å². The molecule has 2 N–H and O–H groups in total. The second kappa shape index (κ2) is 5.42. The quantitative estimate of drug-likeness (QED) is 0.772. The van der Waals surface area contributed by atoms with Gasteiger partial charge < -0.3 is 5.32 Å². The first-order chi connectivity index (χ1) is 9.70. The van der Waals surface area contributed by atoms with Crippen molar-refractivity contribution in [3.05, 3.63) is 46.7 Å². The number of nitrogens with zero attached hydrogens (tertiary/aromatic N) is 3. The fraction of sp³-hybridized carbons (Fsp3) is 0.214. The molecule has 0 saturated carbocycles. The third-order valence-electron chi connectivity index (χ3n) is 2.87. The average molecular weight is 285 g/mol. The van der Waals surface area contributed by atoms with E-state index in [-0.39, 0.29) is 0 Å². The first kappa shape index (κ1) is 12.8. The summed E-state index contributed by atoms with van der Waals surface area (Å²) < 4.78 is 0. The minimum atomic E-state index is 0.697. The van der Waals surface area contributed by atoms with Gasteiger partial charge in [0.15, 0.2) is 0 Å². The van der Waals surface area contributed by atoms with Crippen molar-refractivity contribution in [2.24, 2.45) is 0 Å². The molecule has 1 aromatic carbocycles. The molecule has 3 rings (SSSR count). The number of rotatable bonds is 4. The molecule has 0 amide bonds. The van der Waals surface area contributed by atoms with Crippen LogP contribution in [0.5, 0.6) is 0 Å². The summed E-state index contributed by atoms with van der Waals surface area (Å²) >= 11 is 1.60. The van der Waals surface area contributed by atoms with Crippen LogP contribution in [0.3, 0.4) is 0 Å². The Labute approximate surface area is 121 Å². The van der Waals surface area contributed by atoms with Crippen LogP contribution in [0, 0.1) is 13.8 Å². The summed E-state index contributed by atoms with van der Waals surface area (Å²) in [6.45, 7) is 4.65. The van der Waals surface area contributed by atoms with Crippen molar-refractivity contribution in [2.45, 2.75) is 20.4 Å². The molecule has 0 aliphatic heterocycles. The predicted octanol–water partition coefficient (Wildman–Crippen LogP) is 3.16. The van der Waals surface area contributed by atoms with Crippen LogP contribution in [0.1, 0.15) is 16.4 Å². The molecule has 0 atom stereocenters. The third-order valence-corrected chi connectivity index (χ3v) is 3.76.